The molecule has 1 amide bonds. The predicted octanol–water partition coefficient (Wildman–Crippen LogP) is 2.45. The molecular weight excluding hydrogens is 258 g/mol. The highest BCUT2D eigenvalue weighted by Gasteiger charge is 2.35. The second-order valence-electron chi connectivity index (χ2n) is 5.70. The van der Waals surface area contributed by atoms with Gasteiger partial charge in [0.2, 0.25) is 5.91 Å². The van der Waals surface area contributed by atoms with Gasteiger partial charge in [0.05, 0.1) is 12.1 Å². The van der Waals surface area contributed by atoms with Crippen LogP contribution in [-0.2, 0) is 11.2 Å². The van der Waals surface area contributed by atoms with Gasteiger partial charge in [-0.15, -0.1) is 11.3 Å². The summed E-state index contributed by atoms with van der Waals surface area (Å²) >= 11 is 1.41. The highest BCUT2D eigenvalue weighted by molar-refractivity contribution is 7.13. The van der Waals surface area contributed by atoms with Gasteiger partial charge in [0.25, 0.3) is 0 Å². The molecule has 0 aromatic carbocycles. The van der Waals surface area contributed by atoms with Crippen LogP contribution in [-0.4, -0.2) is 28.4 Å². The number of carbonyl (C=O) groups excluding carboxylic acids is 1. The van der Waals surface area contributed by atoms with Crippen LogP contribution in [0.3, 0.4) is 0 Å². The summed E-state index contributed by atoms with van der Waals surface area (Å²) in [5, 5.41) is 2.45. The Labute approximate surface area is 118 Å². The topological polar surface area (TPSA) is 59.2 Å². The van der Waals surface area contributed by atoms with Crippen LogP contribution in [0.2, 0.25) is 0 Å². The van der Waals surface area contributed by atoms with Gasteiger partial charge in [-0.1, -0.05) is 12.8 Å². The van der Waals surface area contributed by atoms with Crippen molar-refractivity contribution in [2.45, 2.75) is 51.0 Å². The first-order valence-corrected chi connectivity index (χ1v) is 8.11. The van der Waals surface area contributed by atoms with Gasteiger partial charge >= 0.3 is 0 Å². The van der Waals surface area contributed by atoms with Gasteiger partial charge in [0.1, 0.15) is 0 Å². The summed E-state index contributed by atoms with van der Waals surface area (Å²) in [6.45, 7) is 0.930. The molecule has 0 spiro atoms. The Bertz CT molecular complexity index is 457. The van der Waals surface area contributed by atoms with E-state index < -0.39 is 0 Å². The minimum atomic E-state index is 0.238. The highest BCUT2D eigenvalue weighted by Crippen LogP contribution is 2.35. The number of likely N-dealkylation sites (tertiary alicyclic amines) is 1. The molecule has 0 bridgehead atoms. The molecule has 2 heterocycles. The van der Waals surface area contributed by atoms with Gasteiger partial charge in [-0.25, -0.2) is 4.98 Å². The fourth-order valence-corrected chi connectivity index (χ4v) is 4.16. The first kappa shape index (κ1) is 12.9. The molecule has 0 radical (unpaired) electrons. The van der Waals surface area contributed by atoms with E-state index in [9.17, 15) is 4.79 Å². The van der Waals surface area contributed by atoms with Crippen molar-refractivity contribution in [1.29, 1.82) is 0 Å². The normalized spacial score (nSPS) is 27.1. The summed E-state index contributed by atoms with van der Waals surface area (Å²) in [6.07, 6.45) is 7.98. The number of nitrogens with two attached hydrogens (primary N) is 1. The van der Waals surface area contributed by atoms with Crippen LogP contribution in [0.1, 0.15) is 44.2 Å². The summed E-state index contributed by atoms with van der Waals surface area (Å²) in [6, 6.07) is 0.492. The van der Waals surface area contributed by atoms with Gasteiger partial charge in [-0.05, 0) is 31.6 Å². The van der Waals surface area contributed by atoms with E-state index in [-0.39, 0.29) is 5.91 Å². The third-order valence-corrected chi connectivity index (χ3v) is 5.19. The second-order valence-corrected chi connectivity index (χ2v) is 6.58. The molecule has 3 rings (SSSR count). The quantitative estimate of drug-likeness (QED) is 0.904. The molecular formula is C14H21N3OS. The molecule has 1 aliphatic heterocycles. The van der Waals surface area contributed by atoms with Crippen LogP contribution in [0.15, 0.2) is 5.38 Å². The monoisotopic (exact) mass is 279 g/mol. The highest BCUT2D eigenvalue weighted by atomic mass is 32.1. The lowest BCUT2D eigenvalue weighted by Crippen LogP contribution is -2.50. The number of aromatic nitrogens is 1. The minimum absolute atomic E-state index is 0.238. The molecule has 2 aliphatic rings. The van der Waals surface area contributed by atoms with Crippen molar-refractivity contribution in [1.82, 2.24) is 9.88 Å². The average molecular weight is 279 g/mol. The number of hydrogen-bond donors (Lipinski definition) is 1. The maximum Gasteiger partial charge on any atom is 0.228 e. The summed E-state index contributed by atoms with van der Waals surface area (Å²) in [5.74, 6) is 0.980. The summed E-state index contributed by atoms with van der Waals surface area (Å²) < 4.78 is 0. The maximum absolute atomic E-state index is 12.5. The lowest BCUT2D eigenvalue weighted by Gasteiger charge is -2.44. The van der Waals surface area contributed by atoms with Crippen molar-refractivity contribution in [3.63, 3.8) is 0 Å². The molecule has 104 valence electrons. The molecule has 2 atom stereocenters. The molecule has 2 N–H and O–H groups in total. The Hall–Kier alpha value is -1.10. The summed E-state index contributed by atoms with van der Waals surface area (Å²) in [4.78, 5) is 18.8. The number of fused-ring (bicyclic) bond motifs is 1. The molecule has 1 saturated carbocycles. The average Bonchev–Trinajstić information content (AvgIpc) is 2.83. The Balaban J connectivity index is 1.67. The number of carbonyl (C=O) groups is 1. The Morgan fingerprint density at radius 2 is 2.16 bits per heavy atom. The van der Waals surface area contributed by atoms with Crippen LogP contribution >= 0.6 is 11.3 Å². The van der Waals surface area contributed by atoms with Crippen LogP contribution in [0.5, 0.6) is 0 Å². The Kier molecular flexibility index (Phi) is 3.73. The molecule has 19 heavy (non-hydrogen) atoms. The third kappa shape index (κ3) is 2.76. The van der Waals surface area contributed by atoms with Crippen molar-refractivity contribution < 1.29 is 4.79 Å². The fourth-order valence-electron chi connectivity index (χ4n) is 3.59. The van der Waals surface area contributed by atoms with Crippen LogP contribution in [0.25, 0.3) is 0 Å². The first-order valence-electron chi connectivity index (χ1n) is 7.23. The van der Waals surface area contributed by atoms with Crippen molar-refractivity contribution in [2.75, 3.05) is 12.3 Å². The molecule has 1 aromatic rings. The smallest absolute Gasteiger partial charge is 0.228 e. The SMILES string of the molecule is Nc1nc(CC(=O)N2CCC[C@H]3CCCC[C@H]32)cs1. The van der Waals surface area contributed by atoms with Crippen LogP contribution in [0, 0.1) is 5.92 Å². The standard InChI is InChI=1S/C14H21N3OS/c15-14-16-11(9-19-14)8-13(18)17-7-3-5-10-4-1-2-6-12(10)17/h9-10,12H,1-8H2,(H2,15,16)/t10-,12-/m1/s1. The van der Waals surface area contributed by atoms with E-state index in [1.165, 1.54) is 43.4 Å². The van der Waals surface area contributed by atoms with E-state index in [2.05, 4.69) is 9.88 Å². The molecule has 2 fully saturated rings. The predicted molar refractivity (Wildman–Crippen MR) is 76.9 cm³/mol. The number of amides is 1. The fraction of sp³-hybridized carbons (Fsp3) is 0.714. The zero-order chi connectivity index (χ0) is 13.2. The largest absolute Gasteiger partial charge is 0.375 e. The van der Waals surface area contributed by atoms with E-state index in [1.54, 1.807) is 0 Å². The Morgan fingerprint density at radius 1 is 1.37 bits per heavy atom. The summed E-state index contributed by atoms with van der Waals surface area (Å²) in [7, 11) is 0. The zero-order valence-corrected chi connectivity index (χ0v) is 12.0. The lowest BCUT2D eigenvalue weighted by atomic mass is 9.78. The van der Waals surface area contributed by atoms with Crippen LogP contribution < -0.4 is 5.73 Å². The molecule has 1 saturated heterocycles. The van der Waals surface area contributed by atoms with Crippen molar-refractivity contribution >= 4 is 22.4 Å². The van der Waals surface area contributed by atoms with Crippen molar-refractivity contribution in [3.8, 4) is 0 Å². The van der Waals surface area contributed by atoms with Gasteiger partial charge in [0.15, 0.2) is 5.13 Å². The van der Waals surface area contributed by atoms with Crippen molar-refractivity contribution in [3.05, 3.63) is 11.1 Å². The number of rotatable bonds is 2. The number of piperidine rings is 1. The van der Waals surface area contributed by atoms with Crippen molar-refractivity contribution in [2.24, 2.45) is 5.92 Å². The zero-order valence-electron chi connectivity index (χ0n) is 11.2. The lowest BCUT2D eigenvalue weighted by molar-refractivity contribution is -0.136. The number of anilines is 1. The molecule has 1 aromatic heterocycles. The number of nitrogen functional groups attached to an aromatic ring is 1. The van der Waals surface area contributed by atoms with Gasteiger partial charge in [-0.3, -0.25) is 4.79 Å². The van der Waals surface area contributed by atoms with Gasteiger partial charge in [0, 0.05) is 18.0 Å². The van der Waals surface area contributed by atoms with Gasteiger partial charge in [-0.2, -0.15) is 0 Å². The molecule has 4 nitrogen and oxygen atoms in total. The van der Waals surface area contributed by atoms with E-state index in [1.807, 2.05) is 5.38 Å². The number of hydrogen-bond acceptors (Lipinski definition) is 4. The van der Waals surface area contributed by atoms with E-state index in [4.69, 9.17) is 5.73 Å². The van der Waals surface area contributed by atoms with Gasteiger partial charge < -0.3 is 10.6 Å². The summed E-state index contributed by atoms with van der Waals surface area (Å²) in [5.41, 5.74) is 6.45. The Morgan fingerprint density at radius 3 is 2.95 bits per heavy atom. The van der Waals surface area contributed by atoms with Crippen LogP contribution in [0.4, 0.5) is 5.13 Å². The first-order chi connectivity index (χ1) is 9.24. The van der Waals surface area contributed by atoms with E-state index >= 15 is 0 Å². The third-order valence-electron chi connectivity index (χ3n) is 4.47. The number of thiazole rings is 1. The molecule has 0 unspecified atom stereocenters. The van der Waals surface area contributed by atoms with E-state index in [0.717, 1.165) is 24.6 Å². The molecule has 1 aliphatic carbocycles. The maximum atomic E-state index is 12.5. The van der Waals surface area contributed by atoms with E-state index in [0.29, 0.717) is 17.6 Å². The second kappa shape index (κ2) is 5.49. The molecule has 5 heteroatoms. The minimum Gasteiger partial charge on any atom is -0.375 e. The number of nitrogens with zero attached hydrogens (tertiary/aromatic N) is 2.